The highest BCUT2D eigenvalue weighted by atomic mass is 35.5. The molecule has 0 radical (unpaired) electrons. The van der Waals surface area contributed by atoms with E-state index < -0.39 is 5.97 Å². The van der Waals surface area contributed by atoms with Gasteiger partial charge in [0.25, 0.3) is 0 Å². The maximum Gasteiger partial charge on any atom is 0.341 e. The number of anilines is 1. The fourth-order valence-corrected chi connectivity index (χ4v) is 4.70. The Morgan fingerprint density at radius 2 is 2.25 bits per heavy atom. The number of piperidine rings is 1. The maximum absolute atomic E-state index is 10.9. The van der Waals surface area contributed by atoms with Gasteiger partial charge >= 0.3 is 5.97 Å². The Bertz CT molecular complexity index is 903. The second kappa shape index (κ2) is 7.56. The number of hydrogen-bond acceptors (Lipinski definition) is 6. The lowest BCUT2D eigenvalue weighted by Gasteiger charge is -2.40. The first-order chi connectivity index (χ1) is 13.4. The lowest BCUT2D eigenvalue weighted by atomic mass is 9.77. The van der Waals surface area contributed by atoms with E-state index in [1.807, 2.05) is 12.3 Å². The molecule has 0 saturated carbocycles. The van der Waals surface area contributed by atoms with E-state index in [1.165, 1.54) is 5.56 Å². The number of benzene rings is 1. The Balaban J connectivity index is 1.55. The molecular weight excluding hydrogens is 380 g/mol. The van der Waals surface area contributed by atoms with Crippen molar-refractivity contribution in [3.63, 3.8) is 0 Å². The third-order valence-corrected chi connectivity index (χ3v) is 5.92. The Morgan fingerprint density at radius 1 is 1.39 bits per heavy atom. The van der Waals surface area contributed by atoms with E-state index in [-0.39, 0.29) is 12.0 Å². The van der Waals surface area contributed by atoms with Crippen molar-refractivity contribution >= 4 is 23.5 Å². The van der Waals surface area contributed by atoms with Gasteiger partial charge in [-0.05, 0) is 56.0 Å². The number of carboxylic acids is 1. The van der Waals surface area contributed by atoms with Crippen molar-refractivity contribution in [1.82, 2.24) is 14.9 Å². The number of ether oxygens (including phenoxy) is 1. The number of aliphatic carboxylic acids is 1. The van der Waals surface area contributed by atoms with Crippen molar-refractivity contribution in [3.05, 3.63) is 46.2 Å². The predicted octanol–water partition coefficient (Wildman–Crippen LogP) is 2.66. The van der Waals surface area contributed by atoms with E-state index in [4.69, 9.17) is 27.2 Å². The molecule has 1 fully saturated rings. The number of likely N-dealkylation sites (tertiary alicyclic amines) is 1. The second-order valence-electron chi connectivity index (χ2n) is 7.63. The largest absolute Gasteiger partial charge is 0.482 e. The molecule has 148 valence electrons. The fourth-order valence-electron chi connectivity index (χ4n) is 4.51. The number of aromatic nitrogens is 2. The standard InChI is InChI=1S/C20H23ClN4O3/c21-15-2-3-16(28-11-17(26)27)14(8-15)10-25-7-1-5-20(12-25)6-4-13-9-23-19(22)24-18(13)20/h2-3,8-9H,1,4-7,10-12H2,(H,26,27)(H2,22,23,24). The number of nitrogens with two attached hydrogens (primary N) is 1. The number of rotatable bonds is 5. The number of carbonyl (C=O) groups is 1. The molecule has 8 heteroatoms. The van der Waals surface area contributed by atoms with Gasteiger partial charge in [0.15, 0.2) is 6.61 Å². The van der Waals surface area contributed by atoms with E-state index in [2.05, 4.69) is 14.9 Å². The molecule has 3 N–H and O–H groups in total. The van der Waals surface area contributed by atoms with Crippen LogP contribution in [0.3, 0.4) is 0 Å². The van der Waals surface area contributed by atoms with Crippen LogP contribution < -0.4 is 10.5 Å². The summed E-state index contributed by atoms with van der Waals surface area (Å²) in [7, 11) is 0. The quantitative estimate of drug-likeness (QED) is 0.792. The normalized spacial score (nSPS) is 21.6. The first kappa shape index (κ1) is 19.0. The zero-order valence-corrected chi connectivity index (χ0v) is 16.3. The zero-order valence-electron chi connectivity index (χ0n) is 15.5. The monoisotopic (exact) mass is 402 g/mol. The lowest BCUT2D eigenvalue weighted by Crippen LogP contribution is -2.45. The van der Waals surface area contributed by atoms with Gasteiger partial charge in [0, 0.05) is 35.3 Å². The minimum Gasteiger partial charge on any atom is -0.482 e. The average Bonchev–Trinajstić information content (AvgIpc) is 2.98. The van der Waals surface area contributed by atoms with Crippen molar-refractivity contribution in [3.8, 4) is 5.75 Å². The molecule has 2 aliphatic rings. The Morgan fingerprint density at radius 3 is 3.07 bits per heavy atom. The number of carboxylic acid groups (broad SMARTS) is 1. The third-order valence-electron chi connectivity index (χ3n) is 5.68. The van der Waals surface area contributed by atoms with Gasteiger partial charge in [0.2, 0.25) is 5.95 Å². The van der Waals surface area contributed by atoms with Crippen LogP contribution in [0.4, 0.5) is 5.95 Å². The Labute approximate surface area is 168 Å². The molecule has 0 amide bonds. The third kappa shape index (κ3) is 3.77. The molecule has 28 heavy (non-hydrogen) atoms. The summed E-state index contributed by atoms with van der Waals surface area (Å²) in [5.74, 6) is -0.112. The predicted molar refractivity (Wildman–Crippen MR) is 106 cm³/mol. The molecule has 4 rings (SSSR count). The smallest absolute Gasteiger partial charge is 0.341 e. The van der Waals surface area contributed by atoms with E-state index in [1.54, 1.807) is 12.1 Å². The summed E-state index contributed by atoms with van der Waals surface area (Å²) in [6.45, 7) is 2.11. The number of aryl methyl sites for hydroxylation is 1. The molecule has 1 atom stereocenters. The van der Waals surface area contributed by atoms with E-state index >= 15 is 0 Å². The maximum atomic E-state index is 10.9. The van der Waals surface area contributed by atoms with Gasteiger partial charge < -0.3 is 15.6 Å². The van der Waals surface area contributed by atoms with Gasteiger partial charge in [-0.1, -0.05) is 11.6 Å². The Hall–Kier alpha value is -2.38. The van der Waals surface area contributed by atoms with Crippen molar-refractivity contribution < 1.29 is 14.6 Å². The molecule has 2 heterocycles. The van der Waals surface area contributed by atoms with E-state index in [0.29, 0.717) is 23.3 Å². The van der Waals surface area contributed by atoms with Crippen LogP contribution in [0.15, 0.2) is 24.4 Å². The van der Waals surface area contributed by atoms with Crippen LogP contribution in [0.25, 0.3) is 0 Å². The Kier molecular flexibility index (Phi) is 5.12. The lowest BCUT2D eigenvalue weighted by molar-refractivity contribution is -0.139. The molecular formula is C20H23ClN4O3. The molecule has 0 bridgehead atoms. The topological polar surface area (TPSA) is 102 Å². The van der Waals surface area contributed by atoms with Crippen LogP contribution in [0.2, 0.25) is 5.02 Å². The SMILES string of the molecule is Nc1ncc2c(n1)C1(CCCN(Cc3cc(Cl)ccc3OCC(=O)O)C1)CC2. The van der Waals surface area contributed by atoms with Gasteiger partial charge in [-0.3, -0.25) is 4.90 Å². The molecule has 2 aromatic rings. The van der Waals surface area contributed by atoms with Gasteiger partial charge in [0.1, 0.15) is 5.75 Å². The summed E-state index contributed by atoms with van der Waals surface area (Å²) < 4.78 is 5.46. The highest BCUT2D eigenvalue weighted by molar-refractivity contribution is 6.30. The van der Waals surface area contributed by atoms with Gasteiger partial charge in [-0.25, -0.2) is 14.8 Å². The molecule has 1 aromatic carbocycles. The van der Waals surface area contributed by atoms with Gasteiger partial charge in [-0.2, -0.15) is 0 Å². The number of nitrogens with zero attached hydrogens (tertiary/aromatic N) is 3. The van der Waals surface area contributed by atoms with Crippen molar-refractivity contribution in [2.75, 3.05) is 25.4 Å². The molecule has 1 saturated heterocycles. The van der Waals surface area contributed by atoms with E-state index in [9.17, 15) is 4.79 Å². The highest BCUT2D eigenvalue weighted by Gasteiger charge is 2.43. The number of nitrogen functional groups attached to an aromatic ring is 1. The first-order valence-electron chi connectivity index (χ1n) is 9.42. The van der Waals surface area contributed by atoms with Crippen LogP contribution in [0.5, 0.6) is 5.75 Å². The van der Waals surface area contributed by atoms with Crippen LogP contribution in [-0.4, -0.2) is 45.6 Å². The molecule has 7 nitrogen and oxygen atoms in total. The van der Waals surface area contributed by atoms with Crippen LogP contribution in [0, 0.1) is 0 Å². The number of halogens is 1. The minimum absolute atomic E-state index is 0.00526. The van der Waals surface area contributed by atoms with Crippen molar-refractivity contribution in [2.24, 2.45) is 0 Å². The summed E-state index contributed by atoms with van der Waals surface area (Å²) in [5, 5.41) is 9.52. The summed E-state index contributed by atoms with van der Waals surface area (Å²) in [5.41, 5.74) is 9.05. The molecule has 1 spiro atoms. The zero-order chi connectivity index (χ0) is 19.7. The van der Waals surface area contributed by atoms with Crippen LogP contribution in [-0.2, 0) is 23.2 Å². The molecule has 1 aliphatic carbocycles. The van der Waals surface area contributed by atoms with Gasteiger partial charge in [0.05, 0.1) is 5.69 Å². The molecule has 1 aliphatic heterocycles. The average molecular weight is 403 g/mol. The highest BCUT2D eigenvalue weighted by Crippen LogP contribution is 2.44. The minimum atomic E-state index is -1.00. The van der Waals surface area contributed by atoms with Crippen LogP contribution in [0.1, 0.15) is 36.1 Å². The number of fused-ring (bicyclic) bond motifs is 2. The second-order valence-corrected chi connectivity index (χ2v) is 8.07. The summed E-state index contributed by atoms with van der Waals surface area (Å²) >= 11 is 6.18. The summed E-state index contributed by atoms with van der Waals surface area (Å²) in [4.78, 5) is 22.0. The molecule has 1 unspecified atom stereocenters. The number of hydrogen-bond donors (Lipinski definition) is 2. The van der Waals surface area contributed by atoms with E-state index in [0.717, 1.165) is 50.0 Å². The summed E-state index contributed by atoms with van der Waals surface area (Å²) in [6, 6.07) is 5.30. The first-order valence-corrected chi connectivity index (χ1v) is 9.80. The van der Waals surface area contributed by atoms with Crippen molar-refractivity contribution in [1.29, 1.82) is 0 Å². The van der Waals surface area contributed by atoms with Crippen LogP contribution >= 0.6 is 11.6 Å². The molecule has 1 aromatic heterocycles. The van der Waals surface area contributed by atoms with Gasteiger partial charge in [-0.15, -0.1) is 0 Å². The van der Waals surface area contributed by atoms with Crippen molar-refractivity contribution in [2.45, 2.75) is 37.6 Å². The fraction of sp³-hybridized carbons (Fsp3) is 0.450. The summed E-state index contributed by atoms with van der Waals surface area (Å²) in [6.07, 6.45) is 6.04.